The van der Waals surface area contributed by atoms with Gasteiger partial charge in [0.05, 0.1) is 6.20 Å². The minimum absolute atomic E-state index is 0.0378. The highest BCUT2D eigenvalue weighted by Gasteiger charge is 2.42. The van der Waals surface area contributed by atoms with Gasteiger partial charge in [-0.05, 0) is 37.2 Å². The third kappa shape index (κ3) is 2.99. The molecule has 0 radical (unpaired) electrons. The average molecular weight is 408 g/mol. The molecule has 2 aliphatic rings. The maximum absolute atomic E-state index is 13.5. The molecule has 30 heavy (non-hydrogen) atoms. The topological polar surface area (TPSA) is 64.5 Å². The van der Waals surface area contributed by atoms with Gasteiger partial charge < -0.3 is 14.0 Å². The molecular formula is C23H29N5O2. The van der Waals surface area contributed by atoms with Crippen LogP contribution in [0.1, 0.15) is 61.1 Å². The highest BCUT2D eigenvalue weighted by atomic mass is 16.2. The smallest absolute Gasteiger partial charge is 0.259 e. The summed E-state index contributed by atoms with van der Waals surface area (Å²) in [4.78, 5) is 28.3. The molecule has 0 saturated carbocycles. The number of rotatable bonds is 4. The fraction of sp³-hybridized carbons (Fsp3) is 0.522. The number of carbonyl (C=O) groups is 1. The number of aryl methyl sites for hydroxylation is 1. The Morgan fingerprint density at radius 2 is 2.07 bits per heavy atom. The summed E-state index contributed by atoms with van der Waals surface area (Å²) in [6.07, 6.45) is 8.55. The van der Waals surface area contributed by atoms with Crippen LogP contribution in [0.2, 0.25) is 0 Å². The second-order valence-electron chi connectivity index (χ2n) is 9.34. The lowest BCUT2D eigenvalue weighted by Crippen LogP contribution is -2.51. The van der Waals surface area contributed by atoms with Gasteiger partial charge in [0.2, 0.25) is 0 Å². The molecule has 1 saturated heterocycles. The minimum Gasteiger partial charge on any atom is -0.337 e. The fourth-order valence-electron chi connectivity index (χ4n) is 5.45. The predicted octanol–water partition coefficient (Wildman–Crippen LogP) is 3.07. The van der Waals surface area contributed by atoms with E-state index in [1.807, 2.05) is 39.5 Å². The molecule has 3 atom stereocenters. The van der Waals surface area contributed by atoms with Crippen LogP contribution in [0.4, 0.5) is 0 Å². The van der Waals surface area contributed by atoms with Gasteiger partial charge in [0.15, 0.2) is 0 Å². The molecule has 3 aromatic rings. The van der Waals surface area contributed by atoms with Crippen LogP contribution in [-0.2, 0) is 7.05 Å². The first-order valence-electron chi connectivity index (χ1n) is 10.9. The zero-order chi connectivity index (χ0) is 21.0. The van der Waals surface area contributed by atoms with E-state index in [4.69, 9.17) is 0 Å². The molecule has 0 aliphatic carbocycles. The Kier molecular flexibility index (Phi) is 4.56. The van der Waals surface area contributed by atoms with E-state index in [1.165, 1.54) is 0 Å². The van der Waals surface area contributed by atoms with Gasteiger partial charge in [-0.3, -0.25) is 9.59 Å². The number of piperidine rings is 1. The number of carbonyl (C=O) groups excluding carboxylic acids is 1. The average Bonchev–Trinajstić information content (AvgIpc) is 3.30. The van der Waals surface area contributed by atoms with Crippen LogP contribution < -0.4 is 5.56 Å². The monoisotopic (exact) mass is 407 g/mol. The number of pyridine rings is 1. The molecule has 1 amide bonds. The molecule has 2 aliphatic heterocycles. The van der Waals surface area contributed by atoms with E-state index in [9.17, 15) is 9.59 Å². The van der Waals surface area contributed by atoms with E-state index in [1.54, 1.807) is 16.8 Å². The van der Waals surface area contributed by atoms with Crippen molar-refractivity contribution in [3.8, 4) is 0 Å². The Hall–Kier alpha value is -2.83. The molecular weight excluding hydrogens is 378 g/mol. The van der Waals surface area contributed by atoms with Crippen molar-refractivity contribution in [2.24, 2.45) is 18.9 Å². The molecule has 5 heterocycles. The summed E-state index contributed by atoms with van der Waals surface area (Å²) in [5.41, 5.74) is 2.65. The van der Waals surface area contributed by atoms with Crippen molar-refractivity contribution in [1.29, 1.82) is 0 Å². The van der Waals surface area contributed by atoms with Gasteiger partial charge in [-0.25, -0.2) is 4.52 Å². The summed E-state index contributed by atoms with van der Waals surface area (Å²) in [6, 6.07) is 5.77. The summed E-state index contributed by atoms with van der Waals surface area (Å²) < 4.78 is 5.72. The normalized spacial score (nSPS) is 23.2. The van der Waals surface area contributed by atoms with Gasteiger partial charge in [0.1, 0.15) is 11.2 Å². The molecule has 5 rings (SSSR count). The lowest BCUT2D eigenvalue weighted by molar-refractivity contribution is 0.0515. The number of aromatic nitrogens is 4. The Labute approximate surface area is 175 Å². The maximum atomic E-state index is 13.5. The third-order valence-corrected chi connectivity index (χ3v) is 6.89. The zero-order valence-corrected chi connectivity index (χ0v) is 17.9. The number of fused-ring (bicyclic) bond motifs is 5. The third-order valence-electron chi connectivity index (χ3n) is 6.89. The van der Waals surface area contributed by atoms with Crippen LogP contribution in [0.15, 0.2) is 41.6 Å². The molecule has 3 aromatic heterocycles. The van der Waals surface area contributed by atoms with E-state index >= 15 is 0 Å². The van der Waals surface area contributed by atoms with Gasteiger partial charge in [-0.15, -0.1) is 0 Å². The van der Waals surface area contributed by atoms with Crippen LogP contribution in [0.25, 0.3) is 5.65 Å². The molecule has 0 aromatic carbocycles. The Morgan fingerprint density at radius 3 is 2.87 bits per heavy atom. The largest absolute Gasteiger partial charge is 0.337 e. The zero-order valence-electron chi connectivity index (χ0n) is 17.9. The van der Waals surface area contributed by atoms with Crippen molar-refractivity contribution < 1.29 is 4.79 Å². The summed E-state index contributed by atoms with van der Waals surface area (Å²) in [7, 11) is 1.93. The second kappa shape index (κ2) is 7.15. The van der Waals surface area contributed by atoms with Gasteiger partial charge in [-0.2, -0.15) is 5.10 Å². The predicted molar refractivity (Wildman–Crippen MR) is 115 cm³/mol. The molecule has 1 fully saturated rings. The number of hydrogen-bond donors (Lipinski definition) is 0. The quantitative estimate of drug-likeness (QED) is 0.668. The highest BCUT2D eigenvalue weighted by Crippen LogP contribution is 2.43. The Morgan fingerprint density at radius 1 is 1.23 bits per heavy atom. The molecule has 0 spiro atoms. The maximum Gasteiger partial charge on any atom is 0.259 e. The summed E-state index contributed by atoms with van der Waals surface area (Å²) >= 11 is 0. The summed E-state index contributed by atoms with van der Waals surface area (Å²) in [6.45, 7) is 5.79. The second-order valence-corrected chi connectivity index (χ2v) is 9.34. The molecule has 158 valence electrons. The van der Waals surface area contributed by atoms with E-state index in [-0.39, 0.29) is 23.4 Å². The minimum atomic E-state index is 0.0378. The number of hydrogen-bond acceptors (Lipinski definition) is 3. The van der Waals surface area contributed by atoms with Crippen molar-refractivity contribution in [3.63, 3.8) is 0 Å². The van der Waals surface area contributed by atoms with Crippen molar-refractivity contribution >= 4 is 11.6 Å². The molecule has 0 N–H and O–H groups in total. The van der Waals surface area contributed by atoms with Crippen LogP contribution in [0.5, 0.6) is 0 Å². The van der Waals surface area contributed by atoms with Crippen molar-refractivity contribution in [2.75, 3.05) is 13.1 Å². The molecule has 0 unspecified atom stereocenters. The van der Waals surface area contributed by atoms with E-state index < -0.39 is 0 Å². The van der Waals surface area contributed by atoms with Gasteiger partial charge in [-0.1, -0.05) is 19.9 Å². The Balaban J connectivity index is 1.50. The van der Waals surface area contributed by atoms with Crippen molar-refractivity contribution in [2.45, 2.75) is 45.1 Å². The van der Waals surface area contributed by atoms with Crippen LogP contribution in [0.3, 0.4) is 0 Å². The summed E-state index contributed by atoms with van der Waals surface area (Å²) in [5.74, 6) is 1.13. The van der Waals surface area contributed by atoms with Crippen LogP contribution in [-0.4, -0.2) is 42.6 Å². The van der Waals surface area contributed by atoms with E-state index in [0.29, 0.717) is 30.5 Å². The highest BCUT2D eigenvalue weighted by molar-refractivity contribution is 6.00. The van der Waals surface area contributed by atoms with Crippen LogP contribution >= 0.6 is 0 Å². The van der Waals surface area contributed by atoms with Gasteiger partial charge in [0, 0.05) is 56.3 Å². The SMILES string of the molecule is CC(C)CC[C@H]1[C@H]2C[C@H](CN(C(=O)c3cnn4ccn(C)c34)C2)c2cccc(=O)n21. The van der Waals surface area contributed by atoms with Crippen molar-refractivity contribution in [3.05, 3.63) is 58.4 Å². The number of imidazole rings is 1. The first-order chi connectivity index (χ1) is 14.4. The molecule has 2 bridgehead atoms. The number of amides is 1. The molecule has 7 nitrogen and oxygen atoms in total. The van der Waals surface area contributed by atoms with Gasteiger partial charge >= 0.3 is 0 Å². The first kappa shape index (κ1) is 19.2. The van der Waals surface area contributed by atoms with Gasteiger partial charge in [0.25, 0.3) is 11.5 Å². The van der Waals surface area contributed by atoms with Crippen molar-refractivity contribution in [1.82, 2.24) is 23.6 Å². The lowest BCUT2D eigenvalue weighted by Gasteiger charge is -2.47. The summed E-state index contributed by atoms with van der Waals surface area (Å²) in [5, 5.41) is 4.34. The molecule has 7 heteroatoms. The van der Waals surface area contributed by atoms with E-state index in [0.717, 1.165) is 30.6 Å². The Bertz CT molecular complexity index is 1150. The lowest BCUT2D eigenvalue weighted by atomic mass is 9.76. The number of likely N-dealkylation sites (tertiary alicyclic amines) is 1. The number of nitrogens with zero attached hydrogens (tertiary/aromatic N) is 5. The van der Waals surface area contributed by atoms with Crippen LogP contribution in [0, 0.1) is 11.8 Å². The standard InChI is InChI=1S/C23H29N5O2/c1-15(2)7-8-20-17-11-16(19-5-4-6-21(29)28(19)20)13-26(14-17)23(30)18-12-24-27-10-9-25(3)22(18)27/h4-6,9-10,12,15-17,20H,7-8,11,13-14H2,1-3H3/t16-,17+,20+/m1/s1. The fourth-order valence-corrected chi connectivity index (χ4v) is 5.45. The first-order valence-corrected chi connectivity index (χ1v) is 10.9. The van der Waals surface area contributed by atoms with E-state index in [2.05, 4.69) is 25.0 Å².